The van der Waals surface area contributed by atoms with Crippen LogP contribution in [0.25, 0.3) is 0 Å². The van der Waals surface area contributed by atoms with Crippen LogP contribution in [0.2, 0.25) is 5.02 Å². The number of sulfonamides is 1. The van der Waals surface area contributed by atoms with Crippen molar-refractivity contribution in [2.45, 2.75) is 11.8 Å². The first-order chi connectivity index (χ1) is 9.83. The average Bonchev–Trinajstić information content (AvgIpc) is 2.41. The number of nitrogen functional groups attached to an aromatic ring is 1. The number of benzene rings is 2. The van der Waals surface area contributed by atoms with E-state index in [-0.39, 0.29) is 9.92 Å². The molecule has 0 unspecified atom stereocenters. The van der Waals surface area contributed by atoms with Crippen molar-refractivity contribution in [3.05, 3.63) is 47.0 Å². The molecule has 21 heavy (non-hydrogen) atoms. The van der Waals surface area contributed by atoms with E-state index in [1.54, 1.807) is 31.4 Å². The standard InChI is InChI=1S/C14H15ClN2O3S/c1-9-7-11(4-6-13(9)20-2)17-21(18,19)14-8-10(16)3-5-12(14)15/h3-8,17H,16H2,1-2H3. The molecule has 2 aromatic rings. The van der Waals surface area contributed by atoms with Gasteiger partial charge in [-0.05, 0) is 48.9 Å². The number of hydrogen-bond acceptors (Lipinski definition) is 4. The Kier molecular flexibility index (Phi) is 4.29. The molecule has 0 aliphatic heterocycles. The molecule has 0 radical (unpaired) electrons. The van der Waals surface area contributed by atoms with Crippen molar-refractivity contribution < 1.29 is 13.2 Å². The van der Waals surface area contributed by atoms with E-state index in [1.807, 2.05) is 6.92 Å². The molecule has 2 aromatic carbocycles. The molecule has 0 aliphatic carbocycles. The first-order valence-corrected chi connectivity index (χ1v) is 7.92. The van der Waals surface area contributed by atoms with Gasteiger partial charge in [0.15, 0.2) is 0 Å². The molecule has 0 saturated heterocycles. The molecule has 0 bridgehead atoms. The Labute approximate surface area is 128 Å². The quantitative estimate of drug-likeness (QED) is 0.846. The first-order valence-electron chi connectivity index (χ1n) is 6.06. The van der Waals surface area contributed by atoms with E-state index in [9.17, 15) is 8.42 Å². The van der Waals surface area contributed by atoms with Gasteiger partial charge in [-0.15, -0.1) is 0 Å². The average molecular weight is 327 g/mol. The van der Waals surface area contributed by atoms with Gasteiger partial charge in [-0.3, -0.25) is 4.72 Å². The van der Waals surface area contributed by atoms with Gasteiger partial charge in [-0.1, -0.05) is 11.6 Å². The van der Waals surface area contributed by atoms with E-state index in [0.717, 1.165) is 5.56 Å². The molecule has 0 aliphatic rings. The van der Waals surface area contributed by atoms with Gasteiger partial charge in [-0.2, -0.15) is 0 Å². The smallest absolute Gasteiger partial charge is 0.263 e. The van der Waals surface area contributed by atoms with Gasteiger partial charge >= 0.3 is 0 Å². The SMILES string of the molecule is COc1ccc(NS(=O)(=O)c2cc(N)ccc2Cl)cc1C. The van der Waals surface area contributed by atoms with Crippen LogP contribution in [-0.2, 0) is 10.0 Å². The van der Waals surface area contributed by atoms with Gasteiger partial charge in [0, 0.05) is 11.4 Å². The minimum Gasteiger partial charge on any atom is -0.496 e. The maximum Gasteiger partial charge on any atom is 0.263 e. The highest BCUT2D eigenvalue weighted by atomic mass is 35.5. The molecular formula is C14H15ClN2O3S. The van der Waals surface area contributed by atoms with Crippen molar-refractivity contribution >= 4 is 33.0 Å². The van der Waals surface area contributed by atoms with Gasteiger partial charge in [0.1, 0.15) is 10.6 Å². The number of nitrogens with two attached hydrogens (primary N) is 1. The van der Waals surface area contributed by atoms with E-state index in [0.29, 0.717) is 17.1 Å². The zero-order valence-corrected chi connectivity index (χ0v) is 13.1. The Morgan fingerprint density at radius 1 is 1.19 bits per heavy atom. The van der Waals surface area contributed by atoms with Gasteiger partial charge < -0.3 is 10.5 Å². The highest BCUT2D eigenvalue weighted by molar-refractivity contribution is 7.92. The molecule has 112 valence electrons. The second-order valence-corrected chi connectivity index (χ2v) is 6.54. The molecule has 0 spiro atoms. The topological polar surface area (TPSA) is 81.4 Å². The molecule has 2 rings (SSSR count). The minimum atomic E-state index is -3.81. The van der Waals surface area contributed by atoms with Crippen LogP contribution in [0.5, 0.6) is 5.75 Å². The summed E-state index contributed by atoms with van der Waals surface area (Å²) in [4.78, 5) is -0.0577. The number of rotatable bonds is 4. The normalized spacial score (nSPS) is 11.2. The highest BCUT2D eigenvalue weighted by Gasteiger charge is 2.18. The van der Waals surface area contributed by atoms with E-state index in [4.69, 9.17) is 22.1 Å². The molecule has 0 fully saturated rings. The number of halogens is 1. The lowest BCUT2D eigenvalue weighted by Crippen LogP contribution is -2.14. The van der Waals surface area contributed by atoms with E-state index < -0.39 is 10.0 Å². The summed E-state index contributed by atoms with van der Waals surface area (Å²) in [6.45, 7) is 1.82. The molecule has 0 atom stereocenters. The number of hydrogen-bond donors (Lipinski definition) is 2. The number of methoxy groups -OCH3 is 1. The van der Waals surface area contributed by atoms with Crippen LogP contribution in [0, 0.1) is 6.92 Å². The maximum absolute atomic E-state index is 12.4. The Morgan fingerprint density at radius 2 is 1.90 bits per heavy atom. The fraction of sp³-hybridized carbons (Fsp3) is 0.143. The van der Waals surface area contributed by atoms with Crippen LogP contribution in [0.4, 0.5) is 11.4 Å². The summed E-state index contributed by atoms with van der Waals surface area (Å²) in [6, 6.07) is 9.29. The van der Waals surface area contributed by atoms with Crippen molar-refractivity contribution in [3.63, 3.8) is 0 Å². The fourth-order valence-corrected chi connectivity index (χ4v) is 3.46. The summed E-state index contributed by atoms with van der Waals surface area (Å²) in [5.41, 5.74) is 7.18. The maximum atomic E-state index is 12.4. The Hall–Kier alpha value is -1.92. The number of ether oxygens (including phenoxy) is 1. The van der Waals surface area contributed by atoms with Gasteiger partial charge in [-0.25, -0.2) is 8.42 Å². The Balaban J connectivity index is 2.37. The van der Waals surface area contributed by atoms with Crippen molar-refractivity contribution in [3.8, 4) is 5.75 Å². The van der Waals surface area contributed by atoms with Crippen LogP contribution >= 0.6 is 11.6 Å². The van der Waals surface area contributed by atoms with Crippen molar-refractivity contribution in [2.75, 3.05) is 17.6 Å². The van der Waals surface area contributed by atoms with E-state index in [1.165, 1.54) is 12.1 Å². The second kappa shape index (κ2) is 5.83. The summed E-state index contributed by atoms with van der Waals surface area (Å²) in [5, 5.41) is 0.113. The van der Waals surface area contributed by atoms with Gasteiger partial charge in [0.05, 0.1) is 12.1 Å². The van der Waals surface area contributed by atoms with Crippen molar-refractivity contribution in [1.29, 1.82) is 0 Å². The summed E-state index contributed by atoms with van der Waals surface area (Å²) >= 11 is 5.93. The molecule has 0 amide bonds. The van der Waals surface area contributed by atoms with E-state index >= 15 is 0 Å². The Morgan fingerprint density at radius 3 is 2.52 bits per heavy atom. The second-order valence-electron chi connectivity index (χ2n) is 4.48. The lowest BCUT2D eigenvalue weighted by Gasteiger charge is -2.12. The zero-order valence-electron chi connectivity index (χ0n) is 11.6. The lowest BCUT2D eigenvalue weighted by molar-refractivity contribution is 0.412. The van der Waals surface area contributed by atoms with E-state index in [2.05, 4.69) is 4.72 Å². The molecule has 7 heteroatoms. The summed E-state index contributed by atoms with van der Waals surface area (Å²) in [5.74, 6) is 0.680. The highest BCUT2D eigenvalue weighted by Crippen LogP contribution is 2.27. The molecule has 0 heterocycles. The van der Waals surface area contributed by atoms with Crippen LogP contribution in [0.15, 0.2) is 41.3 Å². The largest absolute Gasteiger partial charge is 0.496 e. The van der Waals surface area contributed by atoms with Crippen LogP contribution in [-0.4, -0.2) is 15.5 Å². The Bertz CT molecular complexity index is 776. The summed E-state index contributed by atoms with van der Waals surface area (Å²) in [7, 11) is -2.25. The third-order valence-electron chi connectivity index (χ3n) is 2.89. The minimum absolute atomic E-state index is 0.0577. The fourth-order valence-electron chi connectivity index (χ4n) is 1.88. The van der Waals surface area contributed by atoms with Crippen molar-refractivity contribution in [2.24, 2.45) is 0 Å². The molecule has 0 saturated carbocycles. The third-order valence-corrected chi connectivity index (χ3v) is 4.75. The number of aryl methyl sites for hydroxylation is 1. The predicted octanol–water partition coefficient (Wildman–Crippen LogP) is 3.04. The third kappa shape index (κ3) is 3.40. The number of anilines is 2. The van der Waals surface area contributed by atoms with Gasteiger partial charge in [0.2, 0.25) is 0 Å². The van der Waals surface area contributed by atoms with Gasteiger partial charge in [0.25, 0.3) is 10.0 Å². The summed E-state index contributed by atoms with van der Waals surface area (Å²) < 4.78 is 32.3. The molecule has 5 nitrogen and oxygen atoms in total. The molecule has 0 aromatic heterocycles. The van der Waals surface area contributed by atoms with Crippen molar-refractivity contribution in [1.82, 2.24) is 0 Å². The predicted molar refractivity (Wildman–Crippen MR) is 84.4 cm³/mol. The zero-order chi connectivity index (χ0) is 15.6. The lowest BCUT2D eigenvalue weighted by atomic mass is 10.2. The first kappa shape index (κ1) is 15.5. The number of nitrogens with one attached hydrogen (secondary N) is 1. The molecular weight excluding hydrogens is 312 g/mol. The van der Waals surface area contributed by atoms with Crippen LogP contribution < -0.4 is 15.2 Å². The molecule has 3 N–H and O–H groups in total. The monoisotopic (exact) mass is 326 g/mol. The van der Waals surface area contributed by atoms with Crippen LogP contribution in [0.3, 0.4) is 0 Å². The van der Waals surface area contributed by atoms with Crippen LogP contribution in [0.1, 0.15) is 5.56 Å². The summed E-state index contributed by atoms with van der Waals surface area (Å²) in [6.07, 6.45) is 0.